The van der Waals surface area contributed by atoms with Gasteiger partial charge in [0.15, 0.2) is 0 Å². The first-order valence-electron chi connectivity index (χ1n) is 12.4. The van der Waals surface area contributed by atoms with Crippen LogP contribution in [0, 0.1) is 19.3 Å². The molecule has 8 heteroatoms. The minimum absolute atomic E-state index is 0.107. The third-order valence-corrected chi connectivity index (χ3v) is 7.54. The first-order chi connectivity index (χ1) is 16.4. The molecule has 1 aromatic carbocycles. The number of carbonyl (C=O) groups excluding carboxylic acids is 2. The van der Waals surface area contributed by atoms with Crippen molar-refractivity contribution in [1.82, 2.24) is 20.4 Å². The Kier molecular flexibility index (Phi) is 7.81. The van der Waals surface area contributed by atoms with E-state index in [1.165, 1.54) is 0 Å². The lowest BCUT2D eigenvalue weighted by Gasteiger charge is -2.43. The summed E-state index contributed by atoms with van der Waals surface area (Å²) in [5.74, 6) is 0.579. The Bertz CT molecular complexity index is 1020. The quantitative estimate of drug-likeness (QED) is 0.663. The number of halogens is 1. The number of aromatic nitrogens is 2. The van der Waals surface area contributed by atoms with Gasteiger partial charge in [-0.15, -0.1) is 0 Å². The lowest BCUT2D eigenvalue weighted by Crippen LogP contribution is -2.51. The smallest absolute Gasteiger partial charge is 0.255 e. The van der Waals surface area contributed by atoms with Crippen LogP contribution < -0.4 is 10.1 Å². The summed E-state index contributed by atoms with van der Waals surface area (Å²) in [6.45, 7) is 6.56. The summed E-state index contributed by atoms with van der Waals surface area (Å²) in [6, 6.07) is 5.18. The molecule has 1 fully saturated rings. The number of hydrogen-bond donors (Lipinski definition) is 2. The van der Waals surface area contributed by atoms with Gasteiger partial charge in [-0.25, -0.2) is 0 Å². The zero-order valence-electron chi connectivity index (χ0n) is 20.2. The van der Waals surface area contributed by atoms with Gasteiger partial charge < -0.3 is 15.0 Å². The van der Waals surface area contributed by atoms with Gasteiger partial charge in [0.05, 0.1) is 17.9 Å². The van der Waals surface area contributed by atoms with Gasteiger partial charge in [0.2, 0.25) is 5.91 Å². The molecule has 2 N–H and O–H groups in total. The topological polar surface area (TPSA) is 87.3 Å². The van der Waals surface area contributed by atoms with E-state index in [2.05, 4.69) is 15.5 Å². The largest absolute Gasteiger partial charge is 0.493 e. The fraction of sp³-hybridized carbons (Fsp3) is 0.577. The molecule has 1 aromatic heterocycles. The lowest BCUT2D eigenvalue weighted by atomic mass is 9.75. The Balaban J connectivity index is 1.45. The van der Waals surface area contributed by atoms with Gasteiger partial charge in [0.1, 0.15) is 5.75 Å². The molecular formula is C26H35ClN4O3. The molecule has 0 bridgehead atoms. The maximum absolute atomic E-state index is 13.2. The molecule has 0 radical (unpaired) electrons. The summed E-state index contributed by atoms with van der Waals surface area (Å²) >= 11 is 6.16. The maximum Gasteiger partial charge on any atom is 0.255 e. The van der Waals surface area contributed by atoms with Crippen LogP contribution in [0.1, 0.15) is 72.3 Å². The number of rotatable bonds is 3. The second kappa shape index (κ2) is 10.8. The van der Waals surface area contributed by atoms with Crippen molar-refractivity contribution in [2.75, 3.05) is 26.2 Å². The van der Waals surface area contributed by atoms with E-state index in [1.54, 1.807) is 18.2 Å². The van der Waals surface area contributed by atoms with Gasteiger partial charge in [-0.05, 0) is 69.7 Å². The third kappa shape index (κ3) is 5.74. The molecule has 2 amide bonds. The molecule has 184 valence electrons. The highest BCUT2D eigenvalue weighted by Gasteiger charge is 2.37. The molecule has 2 aliphatic heterocycles. The number of aromatic amines is 1. The van der Waals surface area contributed by atoms with E-state index >= 15 is 0 Å². The molecule has 1 spiro atoms. The number of amides is 2. The molecule has 1 unspecified atom stereocenters. The number of H-pyrrole nitrogens is 1. The zero-order valence-corrected chi connectivity index (χ0v) is 21.0. The van der Waals surface area contributed by atoms with Crippen LogP contribution in [0.5, 0.6) is 5.75 Å². The highest BCUT2D eigenvalue weighted by Crippen LogP contribution is 2.36. The van der Waals surface area contributed by atoms with Crippen LogP contribution >= 0.6 is 11.6 Å². The van der Waals surface area contributed by atoms with E-state index < -0.39 is 0 Å². The molecule has 0 saturated carbocycles. The molecule has 2 aliphatic rings. The Hall–Kier alpha value is -2.54. The SMILES string of the molecule is Cc1n[nH]c(C)c1CCC(=O)N1CCCC2(CCCCCOc3ccc(Cl)cc3C(=O)NC2)C1. The minimum atomic E-state index is -0.174. The van der Waals surface area contributed by atoms with Crippen LogP contribution in [0.3, 0.4) is 0 Å². The van der Waals surface area contributed by atoms with Crippen molar-refractivity contribution in [3.8, 4) is 5.75 Å². The summed E-state index contributed by atoms with van der Waals surface area (Å²) in [4.78, 5) is 28.2. The maximum atomic E-state index is 13.2. The average molecular weight is 487 g/mol. The van der Waals surface area contributed by atoms with Crippen LogP contribution in [-0.2, 0) is 11.2 Å². The second-order valence-electron chi connectivity index (χ2n) is 9.81. The Morgan fingerprint density at radius 2 is 2.03 bits per heavy atom. The van der Waals surface area contributed by atoms with Crippen LogP contribution in [0.25, 0.3) is 0 Å². The summed E-state index contributed by atoms with van der Waals surface area (Å²) < 4.78 is 5.87. The van der Waals surface area contributed by atoms with E-state index in [9.17, 15) is 9.59 Å². The normalized spacial score (nSPS) is 21.7. The van der Waals surface area contributed by atoms with Crippen LogP contribution in [-0.4, -0.2) is 53.2 Å². The fourth-order valence-electron chi connectivity index (χ4n) is 5.32. The number of nitrogens with zero attached hydrogens (tertiary/aromatic N) is 2. The number of benzene rings is 1. The molecule has 3 heterocycles. The zero-order chi connectivity index (χ0) is 24.1. The van der Waals surface area contributed by atoms with Gasteiger partial charge in [-0.2, -0.15) is 5.10 Å². The van der Waals surface area contributed by atoms with Crippen molar-refractivity contribution in [3.63, 3.8) is 0 Å². The molecule has 7 nitrogen and oxygen atoms in total. The van der Waals surface area contributed by atoms with Gasteiger partial charge in [0, 0.05) is 42.2 Å². The molecule has 1 atom stereocenters. The Labute approximate surface area is 206 Å². The molecule has 34 heavy (non-hydrogen) atoms. The standard InChI is InChI=1S/C26H35ClN4O3/c1-18-21(19(2)30-29-18)8-10-24(32)31-13-6-12-26(17-31)11-4-3-5-14-34-23-9-7-20(27)15-22(23)25(33)28-16-26/h7,9,15H,3-6,8,10-14,16-17H2,1-2H3,(H,28,33)(H,29,30). The van der Waals surface area contributed by atoms with Crippen LogP contribution in [0.15, 0.2) is 18.2 Å². The molecule has 4 rings (SSSR count). The summed E-state index contributed by atoms with van der Waals surface area (Å²) in [6.07, 6.45) is 7.18. The molecular weight excluding hydrogens is 452 g/mol. The predicted molar refractivity (Wildman–Crippen MR) is 132 cm³/mol. The highest BCUT2D eigenvalue weighted by molar-refractivity contribution is 6.31. The number of carbonyl (C=O) groups is 2. The molecule has 0 aliphatic carbocycles. The number of aryl methyl sites for hydroxylation is 2. The van der Waals surface area contributed by atoms with E-state index in [-0.39, 0.29) is 17.2 Å². The van der Waals surface area contributed by atoms with Crippen LogP contribution in [0.4, 0.5) is 0 Å². The van der Waals surface area contributed by atoms with E-state index in [4.69, 9.17) is 16.3 Å². The number of nitrogens with one attached hydrogen (secondary N) is 2. The second-order valence-corrected chi connectivity index (χ2v) is 10.3. The van der Waals surface area contributed by atoms with Crippen molar-refractivity contribution in [2.45, 2.75) is 65.2 Å². The number of likely N-dealkylation sites (tertiary alicyclic amines) is 1. The minimum Gasteiger partial charge on any atom is -0.493 e. The summed E-state index contributed by atoms with van der Waals surface area (Å²) in [5, 5.41) is 10.9. The predicted octanol–water partition coefficient (Wildman–Crippen LogP) is 4.60. The van der Waals surface area contributed by atoms with Crippen molar-refractivity contribution >= 4 is 23.4 Å². The Morgan fingerprint density at radius 3 is 2.82 bits per heavy atom. The lowest BCUT2D eigenvalue weighted by molar-refractivity contribution is -0.134. The first-order valence-corrected chi connectivity index (χ1v) is 12.7. The van der Waals surface area contributed by atoms with E-state index in [1.807, 2.05) is 18.7 Å². The van der Waals surface area contributed by atoms with Gasteiger partial charge >= 0.3 is 0 Å². The van der Waals surface area contributed by atoms with Crippen LogP contribution in [0.2, 0.25) is 5.02 Å². The van der Waals surface area contributed by atoms with Crippen molar-refractivity contribution < 1.29 is 14.3 Å². The van der Waals surface area contributed by atoms with Gasteiger partial charge in [0.25, 0.3) is 5.91 Å². The fourth-order valence-corrected chi connectivity index (χ4v) is 5.49. The number of fused-ring (bicyclic) bond motifs is 1. The first kappa shape index (κ1) is 24.6. The number of piperidine rings is 1. The van der Waals surface area contributed by atoms with Crippen molar-refractivity contribution in [1.29, 1.82) is 0 Å². The molecule has 2 aromatic rings. The average Bonchev–Trinajstić information content (AvgIpc) is 3.15. The van der Waals surface area contributed by atoms with Crippen molar-refractivity contribution in [3.05, 3.63) is 45.7 Å². The van der Waals surface area contributed by atoms with E-state index in [0.29, 0.717) is 48.9 Å². The van der Waals surface area contributed by atoms with Crippen molar-refractivity contribution in [2.24, 2.45) is 5.41 Å². The number of hydrogen-bond acceptors (Lipinski definition) is 4. The molecule has 1 saturated heterocycles. The summed E-state index contributed by atoms with van der Waals surface area (Å²) in [7, 11) is 0. The summed E-state index contributed by atoms with van der Waals surface area (Å²) in [5.41, 5.74) is 3.50. The highest BCUT2D eigenvalue weighted by atomic mass is 35.5. The number of ether oxygens (including phenoxy) is 1. The van der Waals surface area contributed by atoms with Gasteiger partial charge in [-0.1, -0.05) is 24.4 Å². The van der Waals surface area contributed by atoms with E-state index in [0.717, 1.165) is 62.0 Å². The van der Waals surface area contributed by atoms with Gasteiger partial charge in [-0.3, -0.25) is 14.7 Å². The third-order valence-electron chi connectivity index (χ3n) is 7.30. The Morgan fingerprint density at radius 1 is 1.21 bits per heavy atom. The monoisotopic (exact) mass is 486 g/mol.